The van der Waals surface area contributed by atoms with Crippen molar-refractivity contribution in [2.24, 2.45) is 5.92 Å². The molecule has 0 unspecified atom stereocenters. The summed E-state index contributed by atoms with van der Waals surface area (Å²) in [7, 11) is 3.95. The molecule has 20 heavy (non-hydrogen) atoms. The summed E-state index contributed by atoms with van der Waals surface area (Å²) in [4.78, 5) is 2.17. The molecule has 0 amide bonds. The maximum atomic E-state index is 14.3. The summed E-state index contributed by atoms with van der Waals surface area (Å²) in [6.07, 6.45) is 6.20. The molecule has 1 aromatic carbocycles. The first-order valence-corrected chi connectivity index (χ1v) is 7.82. The highest BCUT2D eigenvalue weighted by molar-refractivity contribution is 5.55. The Labute approximate surface area is 122 Å². The monoisotopic (exact) mass is 278 g/mol. The first kappa shape index (κ1) is 15.3. The van der Waals surface area contributed by atoms with E-state index < -0.39 is 0 Å². The van der Waals surface area contributed by atoms with Crippen molar-refractivity contribution < 1.29 is 4.39 Å². The Morgan fingerprint density at radius 2 is 1.95 bits per heavy atom. The molecule has 1 saturated carbocycles. The average molecular weight is 278 g/mol. The standard InChI is InChI=1S/C17H27FN2/c1-4-13-8-10-15(11-9-13)20(3)17-14(12-19-2)6-5-7-16(17)18/h5-7,13,15,19H,4,8-12H2,1-3H3. The number of hydrogen-bond donors (Lipinski definition) is 1. The van der Waals surface area contributed by atoms with Gasteiger partial charge in [0.25, 0.3) is 0 Å². The number of benzene rings is 1. The summed E-state index contributed by atoms with van der Waals surface area (Å²) in [5, 5.41) is 3.13. The Morgan fingerprint density at radius 3 is 2.55 bits per heavy atom. The number of nitrogens with zero attached hydrogens (tertiary/aromatic N) is 1. The molecule has 0 spiro atoms. The molecule has 0 saturated heterocycles. The van der Waals surface area contributed by atoms with Crippen LogP contribution in [0.3, 0.4) is 0 Å². The van der Waals surface area contributed by atoms with Crippen molar-refractivity contribution in [3.8, 4) is 0 Å². The van der Waals surface area contributed by atoms with E-state index in [2.05, 4.69) is 24.2 Å². The molecule has 1 aliphatic rings. The summed E-state index contributed by atoms with van der Waals surface area (Å²) < 4.78 is 14.3. The van der Waals surface area contributed by atoms with Crippen LogP contribution in [0.15, 0.2) is 18.2 Å². The van der Waals surface area contributed by atoms with Gasteiger partial charge in [-0.15, -0.1) is 0 Å². The minimum atomic E-state index is -0.0992. The van der Waals surface area contributed by atoms with Gasteiger partial charge in [-0.1, -0.05) is 25.5 Å². The smallest absolute Gasteiger partial charge is 0.146 e. The zero-order valence-electron chi connectivity index (χ0n) is 13.0. The van der Waals surface area contributed by atoms with Crippen molar-refractivity contribution >= 4 is 5.69 Å². The number of para-hydroxylation sites is 1. The van der Waals surface area contributed by atoms with Gasteiger partial charge in [0.2, 0.25) is 0 Å². The van der Waals surface area contributed by atoms with Gasteiger partial charge >= 0.3 is 0 Å². The van der Waals surface area contributed by atoms with Crippen LogP contribution in [0.25, 0.3) is 0 Å². The van der Waals surface area contributed by atoms with Gasteiger partial charge in [-0.2, -0.15) is 0 Å². The quantitative estimate of drug-likeness (QED) is 0.877. The molecular formula is C17H27FN2. The Bertz CT molecular complexity index is 425. The van der Waals surface area contributed by atoms with E-state index in [-0.39, 0.29) is 5.82 Å². The van der Waals surface area contributed by atoms with Crippen LogP contribution < -0.4 is 10.2 Å². The SMILES string of the molecule is CCC1CCC(N(C)c2c(F)cccc2CNC)CC1. The Kier molecular flexibility index (Phi) is 5.41. The van der Waals surface area contributed by atoms with Gasteiger partial charge in [0.1, 0.15) is 5.82 Å². The summed E-state index contributed by atoms with van der Waals surface area (Å²) in [5.41, 5.74) is 1.83. The first-order chi connectivity index (χ1) is 9.67. The van der Waals surface area contributed by atoms with Gasteiger partial charge in [-0.3, -0.25) is 0 Å². The van der Waals surface area contributed by atoms with E-state index in [0.29, 0.717) is 12.6 Å². The largest absolute Gasteiger partial charge is 0.369 e. The minimum absolute atomic E-state index is 0.0992. The fraction of sp³-hybridized carbons (Fsp3) is 0.647. The molecule has 1 aromatic rings. The van der Waals surface area contributed by atoms with E-state index in [0.717, 1.165) is 17.2 Å². The van der Waals surface area contributed by atoms with E-state index in [1.807, 2.05) is 13.1 Å². The van der Waals surface area contributed by atoms with Gasteiger partial charge in [0.15, 0.2) is 0 Å². The van der Waals surface area contributed by atoms with Crippen molar-refractivity contribution in [3.63, 3.8) is 0 Å². The van der Waals surface area contributed by atoms with E-state index in [1.54, 1.807) is 12.1 Å². The van der Waals surface area contributed by atoms with Crippen LogP contribution in [0.2, 0.25) is 0 Å². The van der Waals surface area contributed by atoms with Gasteiger partial charge in [0, 0.05) is 19.6 Å². The number of anilines is 1. The third-order valence-corrected chi connectivity index (χ3v) is 4.73. The average Bonchev–Trinajstić information content (AvgIpc) is 2.47. The Morgan fingerprint density at radius 1 is 1.25 bits per heavy atom. The minimum Gasteiger partial charge on any atom is -0.369 e. The molecule has 3 heteroatoms. The van der Waals surface area contributed by atoms with Gasteiger partial charge < -0.3 is 10.2 Å². The van der Waals surface area contributed by atoms with E-state index in [9.17, 15) is 4.39 Å². The van der Waals surface area contributed by atoms with Crippen LogP contribution in [0.1, 0.15) is 44.6 Å². The molecule has 2 rings (SSSR count). The maximum Gasteiger partial charge on any atom is 0.146 e. The molecule has 0 atom stereocenters. The molecule has 1 fully saturated rings. The fourth-order valence-corrected chi connectivity index (χ4v) is 3.41. The number of hydrogen-bond acceptors (Lipinski definition) is 2. The predicted molar refractivity (Wildman–Crippen MR) is 83.6 cm³/mol. The molecule has 1 N–H and O–H groups in total. The van der Waals surface area contributed by atoms with Crippen LogP contribution in [0, 0.1) is 11.7 Å². The Balaban J connectivity index is 2.14. The molecule has 0 heterocycles. The van der Waals surface area contributed by atoms with E-state index in [1.165, 1.54) is 32.1 Å². The molecule has 0 bridgehead atoms. The molecular weight excluding hydrogens is 251 g/mol. The molecule has 0 aliphatic heterocycles. The summed E-state index contributed by atoms with van der Waals surface area (Å²) in [6, 6.07) is 5.87. The summed E-state index contributed by atoms with van der Waals surface area (Å²) >= 11 is 0. The predicted octanol–water partition coefficient (Wildman–Crippen LogP) is 3.95. The second kappa shape index (κ2) is 7.07. The molecule has 0 aromatic heterocycles. The zero-order chi connectivity index (χ0) is 14.5. The molecule has 1 aliphatic carbocycles. The van der Waals surface area contributed by atoms with Gasteiger partial charge in [0.05, 0.1) is 5.69 Å². The maximum absolute atomic E-state index is 14.3. The topological polar surface area (TPSA) is 15.3 Å². The van der Waals surface area contributed by atoms with Gasteiger partial charge in [-0.25, -0.2) is 4.39 Å². The van der Waals surface area contributed by atoms with Crippen molar-refractivity contribution in [3.05, 3.63) is 29.6 Å². The lowest BCUT2D eigenvalue weighted by Gasteiger charge is -2.37. The number of nitrogens with one attached hydrogen (secondary N) is 1. The first-order valence-electron chi connectivity index (χ1n) is 7.82. The molecule has 2 nitrogen and oxygen atoms in total. The fourth-order valence-electron chi connectivity index (χ4n) is 3.41. The third kappa shape index (κ3) is 3.32. The molecule has 0 radical (unpaired) electrons. The van der Waals surface area contributed by atoms with Crippen molar-refractivity contribution in [1.82, 2.24) is 5.32 Å². The Hall–Kier alpha value is -1.09. The van der Waals surface area contributed by atoms with Crippen molar-refractivity contribution in [2.75, 3.05) is 19.0 Å². The third-order valence-electron chi connectivity index (χ3n) is 4.73. The lowest BCUT2D eigenvalue weighted by atomic mass is 9.84. The van der Waals surface area contributed by atoms with Crippen LogP contribution in [-0.4, -0.2) is 20.1 Å². The van der Waals surface area contributed by atoms with E-state index >= 15 is 0 Å². The highest BCUT2D eigenvalue weighted by atomic mass is 19.1. The summed E-state index contributed by atoms with van der Waals surface area (Å²) in [6.45, 7) is 2.98. The normalized spacial score (nSPS) is 22.8. The highest BCUT2D eigenvalue weighted by Gasteiger charge is 2.25. The van der Waals surface area contributed by atoms with Crippen molar-refractivity contribution in [2.45, 2.75) is 51.6 Å². The lowest BCUT2D eigenvalue weighted by Crippen LogP contribution is -2.36. The van der Waals surface area contributed by atoms with Gasteiger partial charge in [-0.05, 0) is 50.3 Å². The number of halogens is 1. The second-order valence-electron chi connectivity index (χ2n) is 5.97. The summed E-state index contributed by atoms with van der Waals surface area (Å²) in [5.74, 6) is 0.773. The highest BCUT2D eigenvalue weighted by Crippen LogP contribution is 2.33. The molecule has 112 valence electrons. The number of rotatable bonds is 5. The van der Waals surface area contributed by atoms with Crippen LogP contribution in [0.4, 0.5) is 10.1 Å². The van der Waals surface area contributed by atoms with E-state index in [4.69, 9.17) is 0 Å². The van der Waals surface area contributed by atoms with Crippen LogP contribution in [-0.2, 0) is 6.54 Å². The zero-order valence-corrected chi connectivity index (χ0v) is 13.0. The van der Waals surface area contributed by atoms with Crippen molar-refractivity contribution in [1.29, 1.82) is 0 Å². The lowest BCUT2D eigenvalue weighted by molar-refractivity contribution is 0.312. The van der Waals surface area contributed by atoms with Crippen LogP contribution in [0.5, 0.6) is 0 Å². The van der Waals surface area contributed by atoms with Crippen LogP contribution >= 0.6 is 0 Å². The second-order valence-corrected chi connectivity index (χ2v) is 5.97.